The monoisotopic (exact) mass is 406 g/mol. The Balaban J connectivity index is 1.43. The lowest BCUT2D eigenvalue weighted by atomic mass is 10.1. The lowest BCUT2D eigenvalue weighted by Gasteiger charge is -2.08. The van der Waals surface area contributed by atoms with Crippen LogP contribution in [0.3, 0.4) is 0 Å². The van der Waals surface area contributed by atoms with Crippen molar-refractivity contribution in [3.05, 3.63) is 54.2 Å². The highest BCUT2D eigenvalue weighted by Gasteiger charge is 2.31. The molecule has 0 aliphatic heterocycles. The van der Waals surface area contributed by atoms with E-state index in [-0.39, 0.29) is 23.0 Å². The number of aromatic nitrogens is 4. The van der Waals surface area contributed by atoms with Crippen molar-refractivity contribution < 1.29 is 15.0 Å². The fourth-order valence-electron chi connectivity index (χ4n) is 3.39. The summed E-state index contributed by atoms with van der Waals surface area (Å²) in [4.78, 5) is 15.8. The first-order chi connectivity index (χ1) is 14.1. The summed E-state index contributed by atoms with van der Waals surface area (Å²) in [5.74, 6) is 0.282. The van der Waals surface area contributed by atoms with Crippen molar-refractivity contribution in [3.8, 4) is 22.9 Å². The van der Waals surface area contributed by atoms with Crippen molar-refractivity contribution in [3.63, 3.8) is 0 Å². The molecule has 2 aromatic carbocycles. The van der Waals surface area contributed by atoms with Gasteiger partial charge in [-0.25, -0.2) is 0 Å². The molecule has 29 heavy (non-hydrogen) atoms. The van der Waals surface area contributed by atoms with Crippen LogP contribution in [0.1, 0.15) is 29.2 Å². The molecule has 7 nitrogen and oxygen atoms in total. The van der Waals surface area contributed by atoms with Crippen LogP contribution in [0.4, 0.5) is 0 Å². The number of aromatic hydroxyl groups is 2. The van der Waals surface area contributed by atoms with E-state index >= 15 is 0 Å². The van der Waals surface area contributed by atoms with Gasteiger partial charge < -0.3 is 15.2 Å². The number of rotatable bonds is 6. The summed E-state index contributed by atoms with van der Waals surface area (Å²) in [6, 6.07) is 12.5. The van der Waals surface area contributed by atoms with Gasteiger partial charge in [-0.05, 0) is 37.1 Å². The first-order valence-electron chi connectivity index (χ1n) is 9.31. The Kier molecular flexibility index (Phi) is 4.28. The summed E-state index contributed by atoms with van der Waals surface area (Å²) < 4.78 is 2.13. The van der Waals surface area contributed by atoms with Crippen LogP contribution < -0.4 is 0 Å². The Morgan fingerprint density at radius 3 is 2.76 bits per heavy atom. The second-order valence-corrected chi connectivity index (χ2v) is 8.01. The van der Waals surface area contributed by atoms with E-state index in [0.29, 0.717) is 16.8 Å². The quantitative estimate of drug-likeness (QED) is 0.252. The van der Waals surface area contributed by atoms with Crippen LogP contribution in [0.25, 0.3) is 22.3 Å². The van der Waals surface area contributed by atoms with Gasteiger partial charge in [-0.3, -0.25) is 9.36 Å². The number of nitrogens with one attached hydrogen (secondary N) is 1. The standard InChI is InChI=1S/C21H18N4O3S/c26-17-8-5-12(9-18(17)27)19(28)11-29-21-24-23-20(25(21)13-6-7-13)15-10-22-16-4-2-1-3-14(15)16/h1-5,8-10,13,22,26-27H,6-7,11H2. The number of phenols is 2. The number of nitrogens with zero attached hydrogens (tertiary/aromatic N) is 3. The van der Waals surface area contributed by atoms with Crippen LogP contribution in [0, 0.1) is 0 Å². The number of H-pyrrole nitrogens is 1. The van der Waals surface area contributed by atoms with E-state index in [1.54, 1.807) is 0 Å². The largest absolute Gasteiger partial charge is 0.504 e. The first kappa shape index (κ1) is 17.8. The minimum Gasteiger partial charge on any atom is -0.504 e. The molecule has 1 aliphatic rings. The molecule has 1 saturated carbocycles. The third-order valence-electron chi connectivity index (χ3n) is 5.04. The summed E-state index contributed by atoms with van der Waals surface area (Å²) in [7, 11) is 0. The summed E-state index contributed by atoms with van der Waals surface area (Å²) in [6.45, 7) is 0. The van der Waals surface area contributed by atoms with E-state index in [2.05, 4.69) is 25.8 Å². The van der Waals surface area contributed by atoms with Crippen LogP contribution in [-0.2, 0) is 0 Å². The number of Topliss-reactive ketones (excluding diaryl/α,β-unsaturated/α-hetero) is 1. The zero-order chi connectivity index (χ0) is 20.0. The van der Waals surface area contributed by atoms with E-state index < -0.39 is 0 Å². The Morgan fingerprint density at radius 2 is 1.97 bits per heavy atom. The highest BCUT2D eigenvalue weighted by atomic mass is 32.2. The molecule has 3 N–H and O–H groups in total. The molecule has 5 rings (SSSR count). The zero-order valence-corrected chi connectivity index (χ0v) is 16.2. The van der Waals surface area contributed by atoms with Crippen molar-refractivity contribution in [2.75, 3.05) is 5.75 Å². The molecule has 0 spiro atoms. The Bertz CT molecular complexity index is 1230. The van der Waals surface area contributed by atoms with Crippen LogP contribution in [0.5, 0.6) is 11.5 Å². The van der Waals surface area contributed by atoms with Crippen molar-refractivity contribution in [1.29, 1.82) is 0 Å². The molecule has 0 unspecified atom stereocenters. The topological polar surface area (TPSA) is 104 Å². The lowest BCUT2D eigenvalue weighted by Crippen LogP contribution is -2.05. The molecule has 4 aromatic rings. The van der Waals surface area contributed by atoms with Gasteiger partial charge in [0.15, 0.2) is 28.3 Å². The molecule has 2 heterocycles. The van der Waals surface area contributed by atoms with Crippen molar-refractivity contribution in [2.45, 2.75) is 24.0 Å². The number of phenolic OH excluding ortho intramolecular Hbond substituents is 2. The maximum atomic E-state index is 12.5. The highest BCUT2D eigenvalue weighted by molar-refractivity contribution is 7.99. The lowest BCUT2D eigenvalue weighted by molar-refractivity contribution is 0.102. The minimum absolute atomic E-state index is 0.149. The molecule has 2 aromatic heterocycles. The second kappa shape index (κ2) is 6.97. The summed E-state index contributed by atoms with van der Waals surface area (Å²) >= 11 is 1.34. The molecular formula is C21H18N4O3S. The van der Waals surface area contributed by atoms with E-state index in [1.165, 1.54) is 30.0 Å². The maximum Gasteiger partial charge on any atom is 0.192 e. The number of hydrogen-bond donors (Lipinski definition) is 3. The van der Waals surface area contributed by atoms with E-state index in [9.17, 15) is 15.0 Å². The van der Waals surface area contributed by atoms with E-state index in [0.717, 1.165) is 35.1 Å². The van der Waals surface area contributed by atoms with Gasteiger partial charge in [0.1, 0.15) is 0 Å². The van der Waals surface area contributed by atoms with Gasteiger partial charge in [-0.2, -0.15) is 0 Å². The molecule has 1 fully saturated rings. The Hall–Kier alpha value is -3.26. The number of para-hydroxylation sites is 1. The van der Waals surface area contributed by atoms with Gasteiger partial charge in [0.05, 0.1) is 5.75 Å². The van der Waals surface area contributed by atoms with Crippen LogP contribution in [0.15, 0.2) is 53.8 Å². The minimum atomic E-state index is -0.302. The molecule has 1 aliphatic carbocycles. The number of thioether (sulfide) groups is 1. The molecule has 0 atom stereocenters. The molecule has 146 valence electrons. The summed E-state index contributed by atoms with van der Waals surface area (Å²) in [5.41, 5.74) is 2.40. The fraction of sp³-hybridized carbons (Fsp3) is 0.190. The number of benzene rings is 2. The van der Waals surface area contributed by atoms with Crippen LogP contribution >= 0.6 is 11.8 Å². The molecule has 0 saturated heterocycles. The number of carbonyl (C=O) groups excluding carboxylic acids is 1. The fourth-order valence-corrected chi connectivity index (χ4v) is 4.29. The van der Waals surface area contributed by atoms with Gasteiger partial charge in [-0.15, -0.1) is 10.2 Å². The molecule has 8 heteroatoms. The predicted molar refractivity (Wildman–Crippen MR) is 110 cm³/mol. The van der Waals surface area contributed by atoms with Gasteiger partial charge in [-0.1, -0.05) is 30.0 Å². The SMILES string of the molecule is O=C(CSc1nnc(-c2c[nH]c3ccccc23)n1C1CC1)c1ccc(O)c(O)c1. The number of aromatic amines is 1. The maximum absolute atomic E-state index is 12.5. The predicted octanol–water partition coefficient (Wildman–Crippen LogP) is 4.15. The Morgan fingerprint density at radius 1 is 1.14 bits per heavy atom. The van der Waals surface area contributed by atoms with Crippen molar-refractivity contribution in [1.82, 2.24) is 19.7 Å². The van der Waals surface area contributed by atoms with Crippen molar-refractivity contribution >= 4 is 28.4 Å². The molecular weight excluding hydrogens is 388 g/mol. The second-order valence-electron chi connectivity index (χ2n) is 7.07. The van der Waals surface area contributed by atoms with Gasteiger partial charge in [0.2, 0.25) is 0 Å². The number of ketones is 1. The summed E-state index contributed by atoms with van der Waals surface area (Å²) in [6.07, 6.45) is 4.09. The average molecular weight is 406 g/mol. The Labute approximate surface area is 170 Å². The molecule has 0 bridgehead atoms. The van der Waals surface area contributed by atoms with Gasteiger partial charge in [0, 0.05) is 34.3 Å². The third kappa shape index (κ3) is 3.25. The molecule has 0 radical (unpaired) electrons. The molecule has 0 amide bonds. The normalized spacial score (nSPS) is 13.8. The average Bonchev–Trinajstić information content (AvgIpc) is 3.34. The zero-order valence-electron chi connectivity index (χ0n) is 15.4. The third-order valence-corrected chi connectivity index (χ3v) is 5.98. The van der Waals surface area contributed by atoms with E-state index in [1.807, 2.05) is 24.4 Å². The highest BCUT2D eigenvalue weighted by Crippen LogP contribution is 2.42. The van der Waals surface area contributed by atoms with Gasteiger partial charge >= 0.3 is 0 Å². The van der Waals surface area contributed by atoms with Crippen LogP contribution in [-0.4, -0.2) is 41.5 Å². The number of carbonyl (C=O) groups is 1. The first-order valence-corrected chi connectivity index (χ1v) is 10.3. The summed E-state index contributed by atoms with van der Waals surface area (Å²) in [5, 5.41) is 29.6. The van der Waals surface area contributed by atoms with E-state index in [4.69, 9.17) is 0 Å². The van der Waals surface area contributed by atoms with Gasteiger partial charge in [0.25, 0.3) is 0 Å². The van der Waals surface area contributed by atoms with Crippen LogP contribution in [0.2, 0.25) is 0 Å². The smallest absolute Gasteiger partial charge is 0.192 e. The number of fused-ring (bicyclic) bond motifs is 1. The van der Waals surface area contributed by atoms with Crippen molar-refractivity contribution in [2.24, 2.45) is 0 Å². The number of hydrogen-bond acceptors (Lipinski definition) is 6.